The van der Waals surface area contributed by atoms with Crippen LogP contribution in [-0.2, 0) is 9.53 Å². The van der Waals surface area contributed by atoms with Gasteiger partial charge in [0.15, 0.2) is 0 Å². The minimum atomic E-state index is -4.64. The molecule has 29 heavy (non-hydrogen) atoms. The first-order chi connectivity index (χ1) is 13.8. The second kappa shape index (κ2) is 8.77. The maximum atomic E-state index is 13.0. The lowest BCUT2D eigenvalue weighted by molar-refractivity contribution is -0.134. The van der Waals surface area contributed by atoms with Crippen LogP contribution >= 0.6 is 11.8 Å². The number of alkyl carbamates (subject to hydrolysis) is 1. The molecule has 3 rings (SSSR count). The standard InChI is InChI=1S/C20H18F3NO4S/c21-20(22,23)17(29-11-18(25)26)9-24-19(27)28-10-16-14-7-3-1-5-12(14)13-6-2-4-8-15(13)16/h1-8,16-17H,9-11H2,(H,24,27)(H,25,26). The summed E-state index contributed by atoms with van der Waals surface area (Å²) in [5, 5.41) is 8.63. The summed E-state index contributed by atoms with van der Waals surface area (Å²) in [6, 6.07) is 15.4. The molecular weight excluding hydrogens is 407 g/mol. The van der Waals surface area contributed by atoms with E-state index in [9.17, 15) is 22.8 Å². The molecule has 0 saturated heterocycles. The van der Waals surface area contributed by atoms with Gasteiger partial charge in [0.25, 0.3) is 0 Å². The van der Waals surface area contributed by atoms with Crippen molar-refractivity contribution < 1.29 is 32.6 Å². The number of alkyl halides is 3. The SMILES string of the molecule is O=C(O)CSC(CNC(=O)OCC1c2ccccc2-c2ccccc21)C(F)(F)F. The molecule has 0 bridgehead atoms. The van der Waals surface area contributed by atoms with E-state index in [1.807, 2.05) is 48.5 Å². The molecule has 5 nitrogen and oxygen atoms in total. The Morgan fingerprint density at radius 1 is 1.07 bits per heavy atom. The molecule has 2 N–H and O–H groups in total. The number of hydrogen-bond acceptors (Lipinski definition) is 4. The second-order valence-corrected chi connectivity index (χ2v) is 7.63. The Kier molecular flexibility index (Phi) is 6.36. The second-order valence-electron chi connectivity index (χ2n) is 6.44. The van der Waals surface area contributed by atoms with E-state index in [-0.39, 0.29) is 24.3 Å². The number of nitrogens with one attached hydrogen (secondary N) is 1. The molecule has 154 valence electrons. The van der Waals surface area contributed by atoms with Gasteiger partial charge in [-0.15, -0.1) is 11.8 Å². The number of aliphatic carboxylic acids is 1. The van der Waals surface area contributed by atoms with E-state index in [4.69, 9.17) is 9.84 Å². The topological polar surface area (TPSA) is 75.6 Å². The Morgan fingerprint density at radius 3 is 2.14 bits per heavy atom. The van der Waals surface area contributed by atoms with Crippen LogP contribution in [0.2, 0.25) is 0 Å². The van der Waals surface area contributed by atoms with Crippen LogP contribution in [0.25, 0.3) is 11.1 Å². The average molecular weight is 425 g/mol. The zero-order valence-corrected chi connectivity index (χ0v) is 15.9. The smallest absolute Gasteiger partial charge is 0.407 e. The first kappa shape index (κ1) is 21.0. The maximum Gasteiger partial charge on any atom is 0.407 e. The highest BCUT2D eigenvalue weighted by molar-refractivity contribution is 8.00. The number of benzene rings is 2. The molecule has 1 unspecified atom stereocenters. The summed E-state index contributed by atoms with van der Waals surface area (Å²) >= 11 is 0.209. The van der Waals surface area contributed by atoms with Gasteiger partial charge in [0, 0.05) is 12.5 Å². The molecule has 1 aliphatic carbocycles. The summed E-state index contributed by atoms with van der Waals surface area (Å²) in [5.41, 5.74) is 4.07. The number of carboxylic acid groups (broad SMARTS) is 1. The molecule has 1 amide bonds. The number of hydrogen-bond donors (Lipinski definition) is 2. The molecule has 0 saturated carbocycles. The largest absolute Gasteiger partial charge is 0.481 e. The van der Waals surface area contributed by atoms with Crippen molar-refractivity contribution >= 4 is 23.8 Å². The van der Waals surface area contributed by atoms with Crippen molar-refractivity contribution in [2.75, 3.05) is 18.9 Å². The lowest BCUT2D eigenvalue weighted by Gasteiger charge is -2.20. The van der Waals surface area contributed by atoms with Crippen molar-refractivity contribution in [3.8, 4) is 11.1 Å². The molecule has 0 fully saturated rings. The van der Waals surface area contributed by atoms with E-state index in [1.54, 1.807) is 0 Å². The Morgan fingerprint density at radius 2 is 1.62 bits per heavy atom. The van der Waals surface area contributed by atoms with Crippen molar-refractivity contribution in [3.63, 3.8) is 0 Å². The van der Waals surface area contributed by atoms with E-state index in [0.717, 1.165) is 22.3 Å². The van der Waals surface area contributed by atoms with Gasteiger partial charge >= 0.3 is 18.2 Å². The fraction of sp³-hybridized carbons (Fsp3) is 0.300. The molecular formula is C20H18F3NO4S. The summed E-state index contributed by atoms with van der Waals surface area (Å²) in [7, 11) is 0. The number of thioether (sulfide) groups is 1. The summed E-state index contributed by atoms with van der Waals surface area (Å²) in [6.07, 6.45) is -5.62. The first-order valence-corrected chi connectivity index (χ1v) is 9.81. The highest BCUT2D eigenvalue weighted by atomic mass is 32.2. The number of carbonyl (C=O) groups excluding carboxylic acids is 1. The summed E-state index contributed by atoms with van der Waals surface area (Å²) < 4.78 is 44.1. The lowest BCUT2D eigenvalue weighted by Crippen LogP contribution is -2.39. The molecule has 0 aromatic heterocycles. The Bertz CT molecular complexity index is 858. The molecule has 2 aromatic carbocycles. The quantitative estimate of drug-likeness (QED) is 0.693. The predicted molar refractivity (Wildman–Crippen MR) is 103 cm³/mol. The molecule has 1 aliphatic rings. The summed E-state index contributed by atoms with van der Waals surface area (Å²) in [4.78, 5) is 22.5. The van der Waals surface area contributed by atoms with Crippen LogP contribution < -0.4 is 5.32 Å². The highest BCUT2D eigenvalue weighted by Gasteiger charge is 2.40. The van der Waals surface area contributed by atoms with Crippen LogP contribution in [0.4, 0.5) is 18.0 Å². The van der Waals surface area contributed by atoms with E-state index in [1.165, 1.54) is 0 Å². The first-order valence-electron chi connectivity index (χ1n) is 8.76. The van der Waals surface area contributed by atoms with Gasteiger partial charge in [-0.3, -0.25) is 4.79 Å². The molecule has 2 aromatic rings. The number of carboxylic acids is 1. The van der Waals surface area contributed by atoms with Crippen LogP contribution in [0.15, 0.2) is 48.5 Å². The Labute approximate surface area is 169 Å². The third-order valence-corrected chi connectivity index (χ3v) is 5.80. The molecule has 0 heterocycles. The van der Waals surface area contributed by atoms with Gasteiger partial charge in [-0.25, -0.2) is 4.79 Å². The fourth-order valence-corrected chi connectivity index (χ4v) is 4.00. The number of amides is 1. The minimum absolute atomic E-state index is 0.0151. The van der Waals surface area contributed by atoms with Crippen molar-refractivity contribution in [2.24, 2.45) is 0 Å². The Balaban J connectivity index is 1.60. The van der Waals surface area contributed by atoms with Crippen LogP contribution in [0.3, 0.4) is 0 Å². The van der Waals surface area contributed by atoms with Crippen LogP contribution in [0, 0.1) is 0 Å². The van der Waals surface area contributed by atoms with Gasteiger partial charge in [0.1, 0.15) is 11.9 Å². The van der Waals surface area contributed by atoms with Crippen molar-refractivity contribution in [2.45, 2.75) is 17.3 Å². The van der Waals surface area contributed by atoms with Crippen LogP contribution in [0.5, 0.6) is 0 Å². The number of fused-ring (bicyclic) bond motifs is 3. The number of rotatable bonds is 7. The minimum Gasteiger partial charge on any atom is -0.481 e. The van der Waals surface area contributed by atoms with Gasteiger partial charge in [0.2, 0.25) is 0 Å². The van der Waals surface area contributed by atoms with E-state index in [2.05, 4.69) is 5.32 Å². The maximum absolute atomic E-state index is 13.0. The van der Waals surface area contributed by atoms with Gasteiger partial charge in [0.05, 0.1) is 5.75 Å². The molecule has 1 atom stereocenters. The fourth-order valence-electron chi connectivity index (χ4n) is 3.27. The third-order valence-electron chi connectivity index (χ3n) is 4.55. The van der Waals surface area contributed by atoms with Gasteiger partial charge < -0.3 is 15.2 Å². The monoisotopic (exact) mass is 425 g/mol. The molecule has 0 radical (unpaired) electrons. The number of ether oxygens (including phenoxy) is 1. The lowest BCUT2D eigenvalue weighted by atomic mass is 9.98. The van der Waals surface area contributed by atoms with Crippen molar-refractivity contribution in [1.82, 2.24) is 5.32 Å². The van der Waals surface area contributed by atoms with Crippen LogP contribution in [0.1, 0.15) is 17.0 Å². The normalized spacial score (nSPS) is 14.0. The zero-order valence-electron chi connectivity index (χ0n) is 15.1. The van der Waals surface area contributed by atoms with E-state index < -0.39 is 35.8 Å². The number of halogens is 3. The summed E-state index contributed by atoms with van der Waals surface area (Å²) in [6.45, 7) is -0.781. The summed E-state index contributed by atoms with van der Waals surface area (Å²) in [5.74, 6) is -2.27. The molecule has 9 heteroatoms. The van der Waals surface area contributed by atoms with Crippen molar-refractivity contribution in [1.29, 1.82) is 0 Å². The number of carbonyl (C=O) groups is 2. The van der Waals surface area contributed by atoms with Gasteiger partial charge in [-0.05, 0) is 22.3 Å². The van der Waals surface area contributed by atoms with Crippen molar-refractivity contribution in [3.05, 3.63) is 59.7 Å². The third kappa shape index (κ3) is 5.03. The predicted octanol–water partition coefficient (Wildman–Crippen LogP) is 4.27. The highest BCUT2D eigenvalue weighted by Crippen LogP contribution is 2.44. The molecule has 0 spiro atoms. The van der Waals surface area contributed by atoms with Gasteiger partial charge in [-0.2, -0.15) is 13.2 Å². The van der Waals surface area contributed by atoms with E-state index in [0.29, 0.717) is 0 Å². The zero-order chi connectivity index (χ0) is 21.0. The van der Waals surface area contributed by atoms with Gasteiger partial charge in [-0.1, -0.05) is 48.5 Å². The Hall–Kier alpha value is -2.68. The van der Waals surface area contributed by atoms with Crippen LogP contribution in [-0.4, -0.2) is 47.5 Å². The van der Waals surface area contributed by atoms with E-state index >= 15 is 0 Å². The average Bonchev–Trinajstić information content (AvgIpc) is 2.99. The molecule has 0 aliphatic heterocycles.